The van der Waals surface area contributed by atoms with Crippen molar-refractivity contribution < 1.29 is 14.7 Å². The lowest BCUT2D eigenvalue weighted by Crippen LogP contribution is -2.27. The molecule has 9 heteroatoms. The Morgan fingerprint density at radius 1 is 1.15 bits per heavy atom. The van der Waals surface area contributed by atoms with Crippen LogP contribution < -0.4 is 0 Å². The lowest BCUT2D eigenvalue weighted by atomic mass is 10.2. The number of amides is 2. The number of hydrogen-bond acceptors (Lipinski definition) is 4. The second-order valence-electron chi connectivity index (χ2n) is 5.28. The van der Waals surface area contributed by atoms with E-state index in [-0.39, 0.29) is 37.8 Å². The number of phenols is 1. The monoisotopic (exact) mass is 491 g/mol. The fourth-order valence-electron chi connectivity index (χ4n) is 2.29. The van der Waals surface area contributed by atoms with Crippen molar-refractivity contribution >= 4 is 79.7 Å². The van der Waals surface area contributed by atoms with Gasteiger partial charge in [0, 0.05) is 10.0 Å². The molecule has 0 aliphatic carbocycles. The molecule has 1 heterocycles. The van der Waals surface area contributed by atoms with Gasteiger partial charge in [-0.1, -0.05) is 68.9 Å². The summed E-state index contributed by atoms with van der Waals surface area (Å²) in [6.07, 6.45) is 1.38. The van der Waals surface area contributed by atoms with Crippen molar-refractivity contribution in [2.24, 2.45) is 0 Å². The Labute approximate surface area is 176 Å². The maximum Gasteiger partial charge on any atom is 0.293 e. The van der Waals surface area contributed by atoms with Crippen molar-refractivity contribution in [3.05, 3.63) is 65.9 Å². The number of aromatic hydroxyl groups is 1. The minimum atomic E-state index is -0.461. The molecule has 0 saturated carbocycles. The minimum absolute atomic E-state index is 0.000757. The van der Waals surface area contributed by atoms with Gasteiger partial charge >= 0.3 is 0 Å². The zero-order valence-electron chi connectivity index (χ0n) is 12.8. The fourth-order valence-corrected chi connectivity index (χ4v) is 4.39. The average Bonchev–Trinajstić information content (AvgIpc) is 2.86. The van der Waals surface area contributed by atoms with Gasteiger partial charge in [-0.15, -0.1) is 0 Å². The third-order valence-electron chi connectivity index (χ3n) is 3.62. The van der Waals surface area contributed by atoms with Gasteiger partial charge in [0.1, 0.15) is 0 Å². The molecule has 0 spiro atoms. The van der Waals surface area contributed by atoms with Crippen LogP contribution in [0.1, 0.15) is 11.1 Å². The van der Waals surface area contributed by atoms with E-state index in [0.717, 1.165) is 26.7 Å². The molecule has 1 saturated heterocycles. The molecule has 134 valence electrons. The highest BCUT2D eigenvalue weighted by Gasteiger charge is 2.35. The summed E-state index contributed by atoms with van der Waals surface area (Å²) in [7, 11) is 0. The first-order valence-corrected chi connectivity index (χ1v) is 9.89. The molecular formula is C17H9BrCl3NO3S. The molecule has 1 aliphatic heterocycles. The number of benzene rings is 2. The SMILES string of the molecule is O=C1S/C(=C\c2c(Cl)cc(Cl)c(O)c2Cl)C(=O)N1Cc1ccccc1Br. The number of thioether (sulfide) groups is 1. The van der Waals surface area contributed by atoms with Gasteiger partial charge in [-0.05, 0) is 35.5 Å². The molecule has 0 bridgehead atoms. The highest BCUT2D eigenvalue weighted by Crippen LogP contribution is 2.42. The Morgan fingerprint density at radius 2 is 1.85 bits per heavy atom. The van der Waals surface area contributed by atoms with Crippen molar-refractivity contribution in [3.63, 3.8) is 0 Å². The van der Waals surface area contributed by atoms with E-state index in [0.29, 0.717) is 0 Å². The van der Waals surface area contributed by atoms with E-state index in [1.54, 1.807) is 0 Å². The number of carbonyl (C=O) groups excluding carboxylic acids is 2. The van der Waals surface area contributed by atoms with Crippen molar-refractivity contribution in [1.29, 1.82) is 0 Å². The molecule has 3 rings (SSSR count). The molecule has 26 heavy (non-hydrogen) atoms. The third kappa shape index (κ3) is 3.75. The lowest BCUT2D eigenvalue weighted by molar-refractivity contribution is -0.123. The molecule has 0 unspecified atom stereocenters. The highest BCUT2D eigenvalue weighted by atomic mass is 79.9. The fraction of sp³-hybridized carbons (Fsp3) is 0.0588. The van der Waals surface area contributed by atoms with Gasteiger partial charge in [0.05, 0.1) is 26.5 Å². The van der Waals surface area contributed by atoms with Crippen LogP contribution in [0.4, 0.5) is 4.79 Å². The molecule has 0 atom stereocenters. The minimum Gasteiger partial charge on any atom is -0.505 e. The Kier molecular flexibility index (Phi) is 5.89. The van der Waals surface area contributed by atoms with Crippen molar-refractivity contribution in [1.82, 2.24) is 4.90 Å². The molecule has 2 aromatic carbocycles. The summed E-state index contributed by atoms with van der Waals surface area (Å²) in [6, 6.07) is 8.65. The van der Waals surface area contributed by atoms with Crippen LogP contribution in [0.2, 0.25) is 15.1 Å². The molecule has 0 aromatic heterocycles. The number of phenolic OH excluding ortho intramolecular Hbond substituents is 1. The third-order valence-corrected chi connectivity index (χ3v) is 6.28. The molecule has 4 nitrogen and oxygen atoms in total. The molecule has 0 radical (unpaired) electrons. The predicted octanol–water partition coefficient (Wildman–Crippen LogP) is 6.35. The van der Waals surface area contributed by atoms with Gasteiger partial charge in [0.2, 0.25) is 0 Å². The normalized spacial score (nSPS) is 16.0. The van der Waals surface area contributed by atoms with Gasteiger partial charge in [-0.25, -0.2) is 0 Å². The Hall–Kier alpha value is -1.18. The van der Waals surface area contributed by atoms with E-state index >= 15 is 0 Å². The molecule has 1 N–H and O–H groups in total. The van der Waals surface area contributed by atoms with Crippen molar-refractivity contribution in [2.75, 3.05) is 0 Å². The number of nitrogens with zero attached hydrogens (tertiary/aromatic N) is 1. The van der Waals surface area contributed by atoms with E-state index in [9.17, 15) is 14.7 Å². The highest BCUT2D eigenvalue weighted by molar-refractivity contribution is 9.10. The standard InChI is InChI=1S/C17H9BrCl3NO3S/c18-10-4-2-1-3-8(10)7-22-16(24)13(26-17(22)25)5-9-11(19)6-12(20)15(23)14(9)21/h1-6,23H,7H2/b13-5-. The van der Waals surface area contributed by atoms with E-state index < -0.39 is 11.1 Å². The predicted molar refractivity (Wildman–Crippen MR) is 109 cm³/mol. The summed E-state index contributed by atoms with van der Waals surface area (Å²) in [4.78, 5) is 26.2. The summed E-state index contributed by atoms with van der Waals surface area (Å²) in [5.74, 6) is -0.797. The number of hydrogen-bond donors (Lipinski definition) is 1. The van der Waals surface area contributed by atoms with Gasteiger partial charge in [0.25, 0.3) is 11.1 Å². The Balaban J connectivity index is 1.94. The number of halogens is 4. The first-order chi connectivity index (χ1) is 12.3. The van der Waals surface area contributed by atoms with Crippen LogP contribution in [0.15, 0.2) is 39.7 Å². The van der Waals surface area contributed by atoms with Crippen LogP contribution in [0.3, 0.4) is 0 Å². The second kappa shape index (κ2) is 7.82. The average molecular weight is 494 g/mol. The van der Waals surface area contributed by atoms with Crippen LogP contribution in [-0.2, 0) is 11.3 Å². The Bertz CT molecular complexity index is 965. The smallest absolute Gasteiger partial charge is 0.293 e. The number of carbonyl (C=O) groups is 2. The number of rotatable bonds is 3. The van der Waals surface area contributed by atoms with E-state index in [4.69, 9.17) is 34.8 Å². The summed E-state index contributed by atoms with van der Waals surface area (Å²) in [5, 5.41) is 9.53. The molecule has 1 aliphatic rings. The summed E-state index contributed by atoms with van der Waals surface area (Å²) in [6.45, 7) is 0.136. The molecule has 1 fully saturated rings. The first-order valence-electron chi connectivity index (χ1n) is 7.15. The zero-order chi connectivity index (χ0) is 19.0. The summed E-state index contributed by atoms with van der Waals surface area (Å²) in [5.41, 5.74) is 1.03. The molecule has 2 amide bonds. The zero-order valence-corrected chi connectivity index (χ0v) is 17.5. The first kappa shape index (κ1) is 19.6. The second-order valence-corrected chi connectivity index (χ2v) is 8.32. The molecule has 2 aromatic rings. The van der Waals surface area contributed by atoms with Gasteiger partial charge in [-0.2, -0.15) is 0 Å². The van der Waals surface area contributed by atoms with Gasteiger partial charge in [-0.3, -0.25) is 14.5 Å². The Morgan fingerprint density at radius 3 is 2.54 bits per heavy atom. The quantitative estimate of drug-likeness (QED) is 0.506. The van der Waals surface area contributed by atoms with Crippen LogP contribution in [0.5, 0.6) is 5.75 Å². The van der Waals surface area contributed by atoms with E-state index in [2.05, 4.69) is 15.9 Å². The summed E-state index contributed by atoms with van der Waals surface area (Å²) >= 11 is 22.2. The molecular weight excluding hydrogens is 485 g/mol. The summed E-state index contributed by atoms with van der Waals surface area (Å²) < 4.78 is 0.803. The maximum atomic E-state index is 12.6. The van der Waals surface area contributed by atoms with Gasteiger partial charge in [0.15, 0.2) is 5.75 Å². The van der Waals surface area contributed by atoms with Crippen LogP contribution in [0, 0.1) is 0 Å². The van der Waals surface area contributed by atoms with Crippen molar-refractivity contribution in [2.45, 2.75) is 6.54 Å². The van der Waals surface area contributed by atoms with Crippen molar-refractivity contribution in [3.8, 4) is 5.75 Å². The largest absolute Gasteiger partial charge is 0.505 e. The lowest BCUT2D eigenvalue weighted by Gasteiger charge is -2.13. The van der Waals surface area contributed by atoms with Crippen LogP contribution in [0.25, 0.3) is 6.08 Å². The topological polar surface area (TPSA) is 57.6 Å². The van der Waals surface area contributed by atoms with E-state index in [1.165, 1.54) is 12.1 Å². The van der Waals surface area contributed by atoms with E-state index in [1.807, 2.05) is 24.3 Å². The van der Waals surface area contributed by atoms with Crippen LogP contribution in [-0.4, -0.2) is 21.2 Å². The maximum absolute atomic E-state index is 12.6. The van der Waals surface area contributed by atoms with Crippen LogP contribution >= 0.6 is 62.5 Å². The number of imide groups is 1. The van der Waals surface area contributed by atoms with Gasteiger partial charge < -0.3 is 5.11 Å².